The van der Waals surface area contributed by atoms with Crippen molar-refractivity contribution in [2.45, 2.75) is 19.8 Å². The summed E-state index contributed by atoms with van der Waals surface area (Å²) in [5.41, 5.74) is 7.58. The van der Waals surface area contributed by atoms with E-state index in [1.165, 1.54) is 12.8 Å². The number of amidine groups is 1. The lowest BCUT2D eigenvalue weighted by Gasteiger charge is -2.21. The number of halogens is 1. The Morgan fingerprint density at radius 3 is 2.94 bits per heavy atom. The summed E-state index contributed by atoms with van der Waals surface area (Å²) < 4.78 is 0.970. The van der Waals surface area contributed by atoms with Crippen LogP contribution in [-0.4, -0.2) is 18.9 Å². The van der Waals surface area contributed by atoms with E-state index in [1.54, 1.807) is 0 Å². The topological polar surface area (TPSA) is 53.1 Å². The minimum atomic E-state index is 0.140. The van der Waals surface area contributed by atoms with Gasteiger partial charge in [-0.1, -0.05) is 29.3 Å². The number of nitrogens with two attached hydrogens (primary N) is 1. The molecular formula is C13H18BrN3. The first-order chi connectivity index (χ1) is 8.11. The van der Waals surface area contributed by atoms with E-state index >= 15 is 0 Å². The third kappa shape index (κ3) is 2.63. The zero-order chi connectivity index (χ0) is 12.4. The molecule has 1 aliphatic rings. The molecule has 0 aliphatic carbocycles. The fourth-order valence-corrected chi connectivity index (χ4v) is 2.75. The van der Waals surface area contributed by atoms with E-state index in [0.717, 1.165) is 34.7 Å². The number of nitrogens with one attached hydrogen (secondary N) is 1. The van der Waals surface area contributed by atoms with Gasteiger partial charge in [-0.15, -0.1) is 0 Å². The molecule has 1 aromatic rings. The summed E-state index contributed by atoms with van der Waals surface area (Å²) in [5.74, 6) is 0.916. The summed E-state index contributed by atoms with van der Waals surface area (Å²) in [5, 5.41) is 7.66. The number of nitrogens with zero attached hydrogens (tertiary/aromatic N) is 1. The van der Waals surface area contributed by atoms with Crippen molar-refractivity contribution in [3.05, 3.63) is 28.2 Å². The quantitative estimate of drug-likeness (QED) is 0.665. The van der Waals surface area contributed by atoms with Gasteiger partial charge in [-0.05, 0) is 30.5 Å². The molecule has 92 valence electrons. The zero-order valence-electron chi connectivity index (χ0n) is 10.0. The number of hydrogen-bond donors (Lipinski definition) is 2. The predicted molar refractivity (Wildman–Crippen MR) is 75.8 cm³/mol. The van der Waals surface area contributed by atoms with Crippen LogP contribution in [0.25, 0.3) is 0 Å². The number of benzene rings is 1. The van der Waals surface area contributed by atoms with Gasteiger partial charge in [-0.25, -0.2) is 0 Å². The highest BCUT2D eigenvalue weighted by Crippen LogP contribution is 2.30. The molecule has 1 unspecified atom stereocenters. The Morgan fingerprint density at radius 2 is 2.35 bits per heavy atom. The minimum Gasteiger partial charge on any atom is -0.384 e. The molecule has 3 N–H and O–H groups in total. The third-order valence-electron chi connectivity index (χ3n) is 3.45. The maximum atomic E-state index is 7.66. The lowest BCUT2D eigenvalue weighted by atomic mass is 10.1. The Morgan fingerprint density at radius 1 is 1.59 bits per heavy atom. The SMILES string of the molecule is CCC1CCN(c2ccc(Br)cc2C(=N)N)C1. The highest BCUT2D eigenvalue weighted by atomic mass is 79.9. The molecule has 3 nitrogen and oxygen atoms in total. The van der Waals surface area contributed by atoms with E-state index < -0.39 is 0 Å². The summed E-state index contributed by atoms with van der Waals surface area (Å²) in [6.07, 6.45) is 2.46. The highest BCUT2D eigenvalue weighted by Gasteiger charge is 2.23. The molecule has 1 atom stereocenters. The molecule has 0 bridgehead atoms. The molecular weight excluding hydrogens is 278 g/mol. The summed E-state index contributed by atoms with van der Waals surface area (Å²) in [6, 6.07) is 6.00. The van der Waals surface area contributed by atoms with E-state index in [-0.39, 0.29) is 5.84 Å². The van der Waals surface area contributed by atoms with Crippen LogP contribution in [-0.2, 0) is 0 Å². The number of hydrogen-bond acceptors (Lipinski definition) is 2. The smallest absolute Gasteiger partial charge is 0.124 e. The Hall–Kier alpha value is -1.03. The van der Waals surface area contributed by atoms with Crippen LogP contribution in [0.4, 0.5) is 5.69 Å². The van der Waals surface area contributed by atoms with Crippen molar-refractivity contribution >= 4 is 27.5 Å². The molecule has 1 heterocycles. The van der Waals surface area contributed by atoms with E-state index in [4.69, 9.17) is 11.1 Å². The second kappa shape index (κ2) is 5.08. The van der Waals surface area contributed by atoms with E-state index in [2.05, 4.69) is 33.8 Å². The third-order valence-corrected chi connectivity index (χ3v) is 3.95. The molecule has 0 spiro atoms. The van der Waals surface area contributed by atoms with Crippen LogP contribution in [0.5, 0.6) is 0 Å². The average Bonchev–Trinajstić information content (AvgIpc) is 2.77. The largest absolute Gasteiger partial charge is 0.384 e. The molecule has 2 rings (SSSR count). The monoisotopic (exact) mass is 295 g/mol. The van der Waals surface area contributed by atoms with Gasteiger partial charge in [0.15, 0.2) is 0 Å². The molecule has 0 amide bonds. The maximum absolute atomic E-state index is 7.66. The lowest BCUT2D eigenvalue weighted by molar-refractivity contribution is 0.569. The first-order valence-corrected chi connectivity index (χ1v) is 6.80. The van der Waals surface area contributed by atoms with E-state index in [9.17, 15) is 0 Å². The van der Waals surface area contributed by atoms with Gasteiger partial charge >= 0.3 is 0 Å². The molecule has 1 saturated heterocycles. The second-order valence-corrected chi connectivity index (χ2v) is 5.50. The fourth-order valence-electron chi connectivity index (χ4n) is 2.38. The number of nitrogen functional groups attached to an aromatic ring is 1. The average molecular weight is 296 g/mol. The van der Waals surface area contributed by atoms with Gasteiger partial charge in [0.05, 0.1) is 0 Å². The van der Waals surface area contributed by atoms with Crippen LogP contribution in [0, 0.1) is 11.3 Å². The Balaban J connectivity index is 2.29. The van der Waals surface area contributed by atoms with Crippen LogP contribution < -0.4 is 10.6 Å². The van der Waals surface area contributed by atoms with Crippen molar-refractivity contribution < 1.29 is 0 Å². The Kier molecular flexibility index (Phi) is 3.72. The molecule has 0 saturated carbocycles. The lowest BCUT2D eigenvalue weighted by Crippen LogP contribution is -2.24. The molecule has 1 aliphatic heterocycles. The molecule has 4 heteroatoms. The van der Waals surface area contributed by atoms with Gasteiger partial charge in [0, 0.05) is 28.8 Å². The molecule has 0 aromatic heterocycles. The Labute approximate surface area is 111 Å². The summed E-state index contributed by atoms with van der Waals surface area (Å²) in [4.78, 5) is 2.34. The highest BCUT2D eigenvalue weighted by molar-refractivity contribution is 9.10. The Bertz CT molecular complexity index is 431. The maximum Gasteiger partial charge on any atom is 0.124 e. The summed E-state index contributed by atoms with van der Waals surface area (Å²) >= 11 is 3.43. The van der Waals surface area contributed by atoms with Crippen molar-refractivity contribution in [1.82, 2.24) is 0 Å². The minimum absolute atomic E-state index is 0.140. The first kappa shape index (κ1) is 12.4. The fraction of sp³-hybridized carbons (Fsp3) is 0.462. The zero-order valence-corrected chi connectivity index (χ0v) is 11.6. The van der Waals surface area contributed by atoms with Crippen LogP contribution in [0.2, 0.25) is 0 Å². The van der Waals surface area contributed by atoms with Gasteiger partial charge in [-0.3, -0.25) is 5.41 Å². The van der Waals surface area contributed by atoms with Crippen molar-refractivity contribution in [2.24, 2.45) is 11.7 Å². The summed E-state index contributed by atoms with van der Waals surface area (Å²) in [6.45, 7) is 4.39. The molecule has 1 aromatic carbocycles. The molecule has 17 heavy (non-hydrogen) atoms. The van der Waals surface area contributed by atoms with Crippen LogP contribution in [0.3, 0.4) is 0 Å². The summed E-state index contributed by atoms with van der Waals surface area (Å²) in [7, 11) is 0. The van der Waals surface area contributed by atoms with Gasteiger partial charge in [0.2, 0.25) is 0 Å². The number of rotatable bonds is 3. The number of anilines is 1. The van der Waals surface area contributed by atoms with Gasteiger partial charge < -0.3 is 10.6 Å². The predicted octanol–water partition coefficient (Wildman–Crippen LogP) is 2.97. The first-order valence-electron chi connectivity index (χ1n) is 6.00. The normalized spacial score (nSPS) is 19.6. The van der Waals surface area contributed by atoms with Gasteiger partial charge in [0.25, 0.3) is 0 Å². The molecule has 0 radical (unpaired) electrons. The van der Waals surface area contributed by atoms with Crippen LogP contribution in [0.1, 0.15) is 25.3 Å². The molecule has 1 fully saturated rings. The van der Waals surface area contributed by atoms with Crippen molar-refractivity contribution in [2.75, 3.05) is 18.0 Å². The van der Waals surface area contributed by atoms with Crippen LogP contribution in [0.15, 0.2) is 22.7 Å². The standard InChI is InChI=1S/C13H18BrN3/c1-2-9-5-6-17(8-9)12-4-3-10(14)7-11(12)13(15)16/h3-4,7,9H,2,5-6,8H2,1H3,(H3,15,16). The van der Waals surface area contributed by atoms with E-state index in [1.807, 2.05) is 12.1 Å². The van der Waals surface area contributed by atoms with Crippen molar-refractivity contribution in [3.63, 3.8) is 0 Å². The second-order valence-electron chi connectivity index (χ2n) is 4.58. The van der Waals surface area contributed by atoms with Crippen LogP contribution >= 0.6 is 15.9 Å². The van der Waals surface area contributed by atoms with Crippen molar-refractivity contribution in [3.8, 4) is 0 Å². The van der Waals surface area contributed by atoms with Gasteiger partial charge in [0.1, 0.15) is 5.84 Å². The van der Waals surface area contributed by atoms with Crippen molar-refractivity contribution in [1.29, 1.82) is 5.41 Å². The van der Waals surface area contributed by atoms with Gasteiger partial charge in [-0.2, -0.15) is 0 Å². The van der Waals surface area contributed by atoms with E-state index in [0.29, 0.717) is 0 Å².